The Labute approximate surface area is 189 Å². The Kier molecular flexibility index (Phi) is 26.1. The normalized spacial score (nSPS) is 10.5. The number of unbranched alkanes of at least 4 members (excludes halogenated alkanes) is 9. The zero-order valence-corrected chi connectivity index (χ0v) is 20.5. The topological polar surface area (TPSA) is 21.7 Å². The summed E-state index contributed by atoms with van der Waals surface area (Å²) in [6.07, 6.45) is 13.5. The molecule has 0 aromatic carbocycles. The minimum absolute atomic E-state index is 0. The molecular weight excluding hydrogens is 361 g/mol. The van der Waals surface area contributed by atoms with Gasteiger partial charge in [-0.25, -0.2) is 0 Å². The second-order valence-electron chi connectivity index (χ2n) is 6.24. The van der Waals surface area contributed by atoms with Crippen molar-refractivity contribution in [3.63, 3.8) is 0 Å². The van der Waals surface area contributed by atoms with Crippen molar-refractivity contribution in [3.05, 3.63) is 0 Å². The van der Waals surface area contributed by atoms with Crippen LogP contribution in [0.4, 0.5) is 0 Å². The van der Waals surface area contributed by atoms with E-state index in [9.17, 15) is 0 Å². The molecule has 0 saturated carbocycles. The van der Waals surface area contributed by atoms with Crippen molar-refractivity contribution in [1.82, 2.24) is 4.90 Å². The first-order valence-corrected chi connectivity index (χ1v) is 10.6. The van der Waals surface area contributed by atoms with Gasteiger partial charge in [0, 0.05) is 19.7 Å². The van der Waals surface area contributed by atoms with Crippen LogP contribution in [-0.2, 0) is 22.1 Å². The fourth-order valence-corrected chi connectivity index (χ4v) is 2.99. The van der Waals surface area contributed by atoms with Crippen LogP contribution >= 0.6 is 12.2 Å². The molecule has 0 spiro atoms. The minimum Gasteiger partial charge on any atom is -0.411 e. The fourth-order valence-electron chi connectivity index (χ4n) is 2.62. The van der Waals surface area contributed by atoms with Crippen LogP contribution in [0.2, 0.25) is 0 Å². The van der Waals surface area contributed by atoms with E-state index in [0.717, 1.165) is 19.7 Å². The monoisotopic (exact) mass is 399 g/mol. The van der Waals surface area contributed by atoms with Crippen molar-refractivity contribution in [3.8, 4) is 0 Å². The third-order valence-corrected chi connectivity index (χ3v) is 4.64. The molecule has 0 aliphatic heterocycles. The van der Waals surface area contributed by atoms with Gasteiger partial charge in [-0.2, -0.15) is 0 Å². The molecular formula is C19H38NNaO2S2. The zero-order chi connectivity index (χ0) is 17.9. The van der Waals surface area contributed by atoms with E-state index in [4.69, 9.17) is 34.3 Å². The molecule has 0 fully saturated rings. The van der Waals surface area contributed by atoms with Gasteiger partial charge in [-0.15, -0.1) is 0 Å². The van der Waals surface area contributed by atoms with Gasteiger partial charge in [0.25, 0.3) is 0 Å². The Bertz CT molecular complexity index is 284. The van der Waals surface area contributed by atoms with Gasteiger partial charge in [-0.05, 0) is 13.3 Å². The summed E-state index contributed by atoms with van der Waals surface area (Å²) in [7, 11) is 0. The number of thiocarbonyl (C=S) groups is 1. The number of hydrogen-bond donors (Lipinski definition) is 0. The van der Waals surface area contributed by atoms with Crippen LogP contribution in [0.3, 0.4) is 0 Å². The SMILES string of the molecule is CCCCCCCCCCCCN(CCOCCOCC)C(=S)[S-].[Na+]. The van der Waals surface area contributed by atoms with E-state index >= 15 is 0 Å². The van der Waals surface area contributed by atoms with Gasteiger partial charge in [0.05, 0.1) is 19.8 Å². The van der Waals surface area contributed by atoms with E-state index in [1.54, 1.807) is 0 Å². The van der Waals surface area contributed by atoms with Crippen molar-refractivity contribution in [1.29, 1.82) is 0 Å². The van der Waals surface area contributed by atoms with Crippen molar-refractivity contribution < 1.29 is 39.0 Å². The fraction of sp³-hybridized carbons (Fsp3) is 0.947. The summed E-state index contributed by atoms with van der Waals surface area (Å²) < 4.78 is 11.4. The van der Waals surface area contributed by atoms with E-state index in [0.29, 0.717) is 24.1 Å². The van der Waals surface area contributed by atoms with E-state index in [1.807, 2.05) is 6.92 Å². The molecule has 0 heterocycles. The van der Waals surface area contributed by atoms with Crippen molar-refractivity contribution >= 4 is 29.2 Å². The first-order valence-electron chi connectivity index (χ1n) is 9.83. The summed E-state index contributed by atoms with van der Waals surface area (Å²) in [5.41, 5.74) is 0. The predicted octanol–water partition coefficient (Wildman–Crippen LogP) is 2.10. The first kappa shape index (κ1) is 28.2. The summed E-state index contributed by atoms with van der Waals surface area (Å²) in [5.74, 6) is 0. The predicted molar refractivity (Wildman–Crippen MR) is 111 cm³/mol. The molecule has 144 valence electrons. The van der Waals surface area contributed by atoms with E-state index < -0.39 is 0 Å². The number of rotatable bonds is 18. The molecule has 0 bridgehead atoms. The standard InChI is InChI=1S/C19H39NO2S2.Na/c1-3-5-6-7-8-9-10-11-12-13-14-20(19(23)24)15-16-22-18-17-21-4-2;/h3-18H2,1-2H3,(H,23,24);/q;+1/p-1. The van der Waals surface area contributed by atoms with Crippen LogP contribution in [-0.4, -0.2) is 48.7 Å². The Balaban J connectivity index is 0. The van der Waals surface area contributed by atoms with Crippen LogP contribution < -0.4 is 29.6 Å². The van der Waals surface area contributed by atoms with E-state index in [2.05, 4.69) is 11.8 Å². The summed E-state index contributed by atoms with van der Waals surface area (Å²) in [6.45, 7) is 8.73. The third-order valence-electron chi connectivity index (χ3n) is 4.12. The van der Waals surface area contributed by atoms with Crippen LogP contribution in [0.5, 0.6) is 0 Å². The molecule has 0 rings (SSSR count). The van der Waals surface area contributed by atoms with Gasteiger partial charge >= 0.3 is 29.6 Å². The molecule has 3 nitrogen and oxygen atoms in total. The van der Waals surface area contributed by atoms with Crippen molar-refractivity contribution in [2.45, 2.75) is 78.1 Å². The molecule has 0 atom stereocenters. The van der Waals surface area contributed by atoms with E-state index in [-0.39, 0.29) is 29.6 Å². The molecule has 0 aromatic heterocycles. The first-order chi connectivity index (χ1) is 11.7. The largest absolute Gasteiger partial charge is 1.00 e. The van der Waals surface area contributed by atoms with Gasteiger partial charge < -0.3 is 39.2 Å². The second-order valence-corrected chi connectivity index (χ2v) is 7.28. The van der Waals surface area contributed by atoms with Gasteiger partial charge in [0.15, 0.2) is 0 Å². The van der Waals surface area contributed by atoms with E-state index in [1.165, 1.54) is 64.2 Å². The van der Waals surface area contributed by atoms with Crippen LogP contribution in [0.1, 0.15) is 78.1 Å². The van der Waals surface area contributed by atoms with Crippen molar-refractivity contribution in [2.75, 3.05) is 39.5 Å². The molecule has 0 saturated heterocycles. The molecule has 0 amide bonds. The summed E-state index contributed by atoms with van der Waals surface area (Å²) in [4.78, 5) is 2.09. The zero-order valence-electron chi connectivity index (χ0n) is 16.9. The van der Waals surface area contributed by atoms with Crippen LogP contribution in [0, 0.1) is 0 Å². The van der Waals surface area contributed by atoms with Crippen LogP contribution in [0.15, 0.2) is 0 Å². The molecule has 0 radical (unpaired) electrons. The summed E-state index contributed by atoms with van der Waals surface area (Å²) >= 11 is 10.3. The maximum atomic E-state index is 5.54. The van der Waals surface area contributed by atoms with Gasteiger partial charge in [-0.3, -0.25) is 0 Å². The van der Waals surface area contributed by atoms with Gasteiger partial charge in [-0.1, -0.05) is 69.0 Å². The van der Waals surface area contributed by atoms with Gasteiger partial charge in [0.2, 0.25) is 0 Å². The van der Waals surface area contributed by atoms with Crippen LogP contribution in [0.25, 0.3) is 0 Å². The molecule has 0 unspecified atom stereocenters. The Morgan fingerprint density at radius 2 is 1.28 bits per heavy atom. The molecule has 0 aliphatic rings. The maximum absolute atomic E-state index is 5.54. The summed E-state index contributed by atoms with van der Waals surface area (Å²) in [6, 6.07) is 0. The molecule has 0 aromatic rings. The molecule has 6 heteroatoms. The second kappa shape index (κ2) is 23.1. The average Bonchev–Trinajstić information content (AvgIpc) is 2.57. The molecule has 0 aliphatic carbocycles. The van der Waals surface area contributed by atoms with Crippen molar-refractivity contribution in [2.24, 2.45) is 0 Å². The number of nitrogens with zero attached hydrogens (tertiary/aromatic N) is 1. The smallest absolute Gasteiger partial charge is 0.411 e. The molecule has 0 N–H and O–H groups in total. The third kappa shape index (κ3) is 21.2. The number of hydrogen-bond acceptors (Lipinski definition) is 4. The number of ether oxygens (including phenoxy) is 2. The average molecular weight is 400 g/mol. The Morgan fingerprint density at radius 1 is 0.760 bits per heavy atom. The maximum Gasteiger partial charge on any atom is 1.00 e. The Morgan fingerprint density at radius 3 is 1.80 bits per heavy atom. The molecule has 25 heavy (non-hydrogen) atoms. The summed E-state index contributed by atoms with van der Waals surface area (Å²) in [5, 5.41) is 0. The van der Waals surface area contributed by atoms with Gasteiger partial charge in [0.1, 0.15) is 0 Å². The minimum atomic E-state index is 0. The quantitative estimate of drug-likeness (QED) is 0.152. The Hall–Kier alpha value is 1.03.